The van der Waals surface area contributed by atoms with Crippen molar-refractivity contribution in [1.29, 1.82) is 0 Å². The molecular formula is C26H26Cl2F2N2O6. The molecule has 5 rings (SSSR count). The zero-order valence-corrected chi connectivity index (χ0v) is 22.0. The number of amides is 2. The van der Waals surface area contributed by atoms with Crippen molar-refractivity contribution in [3.05, 3.63) is 58.1 Å². The van der Waals surface area contributed by atoms with Crippen molar-refractivity contribution in [2.24, 2.45) is 5.92 Å². The van der Waals surface area contributed by atoms with E-state index < -0.39 is 46.4 Å². The van der Waals surface area contributed by atoms with Gasteiger partial charge in [0.05, 0.1) is 28.6 Å². The summed E-state index contributed by atoms with van der Waals surface area (Å²) in [6.45, 7) is -0.739. The van der Waals surface area contributed by atoms with Gasteiger partial charge in [0.25, 0.3) is 11.8 Å². The summed E-state index contributed by atoms with van der Waals surface area (Å²) in [5.41, 5.74) is -1.56. The van der Waals surface area contributed by atoms with E-state index in [4.69, 9.17) is 37.4 Å². The van der Waals surface area contributed by atoms with Gasteiger partial charge in [-0.1, -0.05) is 23.2 Å². The molecule has 0 saturated heterocycles. The number of hydrogen-bond donors (Lipinski definition) is 2. The highest BCUT2D eigenvalue weighted by Gasteiger charge is 2.58. The van der Waals surface area contributed by atoms with Gasteiger partial charge in [0, 0.05) is 17.7 Å². The van der Waals surface area contributed by atoms with Crippen LogP contribution in [0.1, 0.15) is 32.1 Å². The Labute approximate surface area is 227 Å². The zero-order chi connectivity index (χ0) is 27.5. The number of methoxy groups -OCH3 is 1. The number of nitrogens with one attached hydrogen (secondary N) is 2. The lowest BCUT2D eigenvalue weighted by atomic mass is 9.56. The summed E-state index contributed by atoms with van der Waals surface area (Å²) in [4.78, 5) is 38.2. The van der Waals surface area contributed by atoms with Crippen LogP contribution in [-0.2, 0) is 19.1 Å². The van der Waals surface area contributed by atoms with Crippen molar-refractivity contribution in [3.8, 4) is 11.5 Å². The third kappa shape index (κ3) is 6.13. The molecule has 2 aromatic rings. The number of rotatable bonds is 9. The topological polar surface area (TPSA) is 103 Å². The van der Waals surface area contributed by atoms with E-state index in [0.717, 1.165) is 12.1 Å². The number of esters is 1. The minimum atomic E-state index is -0.872. The molecule has 3 fully saturated rings. The first-order valence-corrected chi connectivity index (χ1v) is 12.7. The summed E-state index contributed by atoms with van der Waals surface area (Å²) in [7, 11) is 1.27. The van der Waals surface area contributed by atoms with Gasteiger partial charge in [0.15, 0.2) is 13.2 Å². The molecule has 0 unspecified atom stereocenters. The number of benzene rings is 2. The fraction of sp³-hybridized carbons (Fsp3) is 0.423. The van der Waals surface area contributed by atoms with Crippen molar-refractivity contribution in [2.45, 2.75) is 43.2 Å². The van der Waals surface area contributed by atoms with Crippen LogP contribution < -0.4 is 20.1 Å². The highest BCUT2D eigenvalue weighted by atomic mass is 35.5. The highest BCUT2D eigenvalue weighted by Crippen LogP contribution is 2.50. The molecule has 2 N–H and O–H groups in total. The average Bonchev–Trinajstić information content (AvgIpc) is 2.90. The average molecular weight is 571 g/mol. The van der Waals surface area contributed by atoms with Crippen LogP contribution in [0.5, 0.6) is 11.5 Å². The first-order valence-electron chi connectivity index (χ1n) is 11.9. The van der Waals surface area contributed by atoms with Crippen LogP contribution >= 0.6 is 23.2 Å². The summed E-state index contributed by atoms with van der Waals surface area (Å²) in [5.74, 6) is -3.14. The Kier molecular flexibility index (Phi) is 8.32. The molecule has 3 aliphatic carbocycles. The van der Waals surface area contributed by atoms with Crippen molar-refractivity contribution in [3.63, 3.8) is 0 Å². The van der Waals surface area contributed by atoms with Crippen molar-refractivity contribution in [1.82, 2.24) is 10.6 Å². The smallest absolute Gasteiger partial charge is 0.311 e. The Balaban J connectivity index is 1.37. The van der Waals surface area contributed by atoms with Crippen molar-refractivity contribution >= 4 is 41.0 Å². The van der Waals surface area contributed by atoms with Crippen molar-refractivity contribution < 1.29 is 37.4 Å². The first-order chi connectivity index (χ1) is 18.0. The molecule has 0 radical (unpaired) electrons. The van der Waals surface area contributed by atoms with Gasteiger partial charge in [0.1, 0.15) is 23.1 Å². The quantitative estimate of drug-likeness (QED) is 0.438. The number of hydrogen-bond acceptors (Lipinski definition) is 6. The van der Waals surface area contributed by atoms with Gasteiger partial charge < -0.3 is 24.8 Å². The Bertz CT molecular complexity index is 1240. The Hall–Kier alpha value is -3.11. The first kappa shape index (κ1) is 27.9. The fourth-order valence-electron chi connectivity index (χ4n) is 5.23. The molecule has 12 heteroatoms. The molecule has 0 aromatic heterocycles. The largest absolute Gasteiger partial charge is 0.484 e. The van der Waals surface area contributed by atoms with Gasteiger partial charge in [-0.2, -0.15) is 0 Å². The highest BCUT2D eigenvalue weighted by molar-refractivity contribution is 6.31. The molecule has 0 heterocycles. The van der Waals surface area contributed by atoms with E-state index in [1.165, 1.54) is 31.4 Å². The maximum atomic E-state index is 13.6. The predicted octanol–water partition coefficient (Wildman–Crippen LogP) is 4.21. The minimum Gasteiger partial charge on any atom is -0.484 e. The molecule has 2 bridgehead atoms. The van der Waals surface area contributed by atoms with Gasteiger partial charge >= 0.3 is 5.97 Å². The lowest BCUT2D eigenvalue weighted by Crippen LogP contribution is -2.70. The third-order valence-electron chi connectivity index (χ3n) is 7.16. The molecule has 3 saturated carbocycles. The standard InChI is InChI=1S/C26H26Cl2F2N2O6/c1-36-24(35)17-12-25(31-22(33)13-37-15-2-4-18(27)20(29)10-15)6-8-26(17,9-7-25)32-23(34)14-38-16-3-5-19(28)21(30)11-16/h2-5,10-11,17H,6-9,12-14H2,1H3,(H,31,33)(H,32,34)/t17-,25?,26?/m1/s1. The second kappa shape index (κ2) is 11.3. The lowest BCUT2D eigenvalue weighted by Gasteiger charge is -2.56. The van der Waals surface area contributed by atoms with E-state index in [2.05, 4.69) is 10.6 Å². The van der Waals surface area contributed by atoms with E-state index in [1.54, 1.807) is 0 Å². The number of carbonyl (C=O) groups is 3. The molecule has 0 aliphatic heterocycles. The molecule has 2 amide bonds. The summed E-state index contributed by atoms with van der Waals surface area (Å²) in [6.07, 6.45) is 2.09. The SMILES string of the molecule is COC(=O)[C@H]1CC2(NC(=O)COc3ccc(Cl)c(F)c3)CCC1(NC(=O)COc1ccc(Cl)c(F)c1)CC2. The third-order valence-corrected chi connectivity index (χ3v) is 7.77. The van der Waals surface area contributed by atoms with Crippen molar-refractivity contribution in [2.75, 3.05) is 20.3 Å². The molecule has 38 heavy (non-hydrogen) atoms. The molecule has 0 spiro atoms. The van der Waals surface area contributed by atoms with Crippen LogP contribution in [-0.4, -0.2) is 49.2 Å². The lowest BCUT2D eigenvalue weighted by molar-refractivity contribution is -0.158. The fourth-order valence-corrected chi connectivity index (χ4v) is 5.46. The number of halogens is 4. The molecule has 8 nitrogen and oxygen atoms in total. The van der Waals surface area contributed by atoms with E-state index in [-0.39, 0.29) is 41.2 Å². The van der Waals surface area contributed by atoms with E-state index in [0.29, 0.717) is 25.7 Å². The molecular weight excluding hydrogens is 545 g/mol. The zero-order valence-electron chi connectivity index (χ0n) is 20.5. The van der Waals surface area contributed by atoms with Gasteiger partial charge in [-0.05, 0) is 56.4 Å². The summed E-state index contributed by atoms with van der Waals surface area (Å²) in [6, 6.07) is 7.72. The van der Waals surface area contributed by atoms with Crippen LogP contribution in [0.25, 0.3) is 0 Å². The predicted molar refractivity (Wildman–Crippen MR) is 134 cm³/mol. The van der Waals surface area contributed by atoms with Gasteiger partial charge in [0.2, 0.25) is 0 Å². The van der Waals surface area contributed by atoms with Crippen LogP contribution in [0.2, 0.25) is 10.0 Å². The van der Waals surface area contributed by atoms with Crippen LogP contribution in [0.3, 0.4) is 0 Å². The minimum absolute atomic E-state index is 0.0556. The second-order valence-electron chi connectivity index (χ2n) is 9.54. The van der Waals surface area contributed by atoms with Crippen LogP contribution in [0.15, 0.2) is 36.4 Å². The number of ether oxygens (including phenoxy) is 3. The summed E-state index contributed by atoms with van der Waals surface area (Å²) < 4.78 is 43.1. The molecule has 1 atom stereocenters. The summed E-state index contributed by atoms with van der Waals surface area (Å²) >= 11 is 11.3. The number of fused-ring (bicyclic) bond motifs is 3. The van der Waals surface area contributed by atoms with Gasteiger partial charge in [-0.3, -0.25) is 14.4 Å². The van der Waals surface area contributed by atoms with Gasteiger partial charge in [-0.15, -0.1) is 0 Å². The normalized spacial score (nSPS) is 23.9. The molecule has 204 valence electrons. The Morgan fingerprint density at radius 1 is 0.868 bits per heavy atom. The maximum Gasteiger partial charge on any atom is 0.311 e. The van der Waals surface area contributed by atoms with E-state index >= 15 is 0 Å². The number of carbonyl (C=O) groups excluding carboxylic acids is 3. The van der Waals surface area contributed by atoms with Gasteiger partial charge in [-0.25, -0.2) is 8.78 Å². The second-order valence-corrected chi connectivity index (χ2v) is 10.4. The Morgan fingerprint density at radius 2 is 1.37 bits per heavy atom. The van der Waals surface area contributed by atoms with Crippen LogP contribution in [0, 0.1) is 17.6 Å². The monoisotopic (exact) mass is 570 g/mol. The van der Waals surface area contributed by atoms with E-state index in [1.807, 2.05) is 0 Å². The summed E-state index contributed by atoms with van der Waals surface area (Å²) in [5, 5.41) is 5.80. The van der Waals surface area contributed by atoms with Crippen LogP contribution in [0.4, 0.5) is 8.78 Å². The molecule has 2 aromatic carbocycles. The maximum absolute atomic E-state index is 13.6. The Morgan fingerprint density at radius 3 is 1.84 bits per heavy atom. The molecule has 3 aliphatic rings. The van der Waals surface area contributed by atoms with E-state index in [9.17, 15) is 23.2 Å².